The molecule has 0 bridgehead atoms. The van der Waals surface area contributed by atoms with Crippen LogP contribution in [0.2, 0.25) is 0 Å². The summed E-state index contributed by atoms with van der Waals surface area (Å²) in [6.07, 6.45) is 3.42. The van der Waals surface area contributed by atoms with Crippen molar-refractivity contribution in [3.63, 3.8) is 0 Å². The highest BCUT2D eigenvalue weighted by atomic mass is 15.4. The van der Waals surface area contributed by atoms with Gasteiger partial charge in [0.15, 0.2) is 0 Å². The van der Waals surface area contributed by atoms with E-state index in [1.165, 1.54) is 6.21 Å². The van der Waals surface area contributed by atoms with Crippen molar-refractivity contribution in [1.29, 1.82) is 5.41 Å². The van der Waals surface area contributed by atoms with Gasteiger partial charge in [0.2, 0.25) is 0 Å². The third-order valence-corrected chi connectivity index (χ3v) is 3.70. The van der Waals surface area contributed by atoms with Crippen molar-refractivity contribution in [2.45, 2.75) is 40.2 Å². The topological polar surface area (TPSA) is 77.6 Å². The molecule has 0 aromatic rings. The van der Waals surface area contributed by atoms with Gasteiger partial charge in [0.25, 0.3) is 0 Å². The monoisotopic (exact) mass is 249 g/mol. The summed E-state index contributed by atoms with van der Waals surface area (Å²) in [4.78, 5) is 10.1. The van der Waals surface area contributed by atoms with Crippen LogP contribution in [0.5, 0.6) is 0 Å². The van der Waals surface area contributed by atoms with E-state index in [9.17, 15) is 0 Å². The van der Waals surface area contributed by atoms with Crippen LogP contribution >= 0.6 is 0 Å². The molecule has 0 aromatic heterocycles. The van der Waals surface area contributed by atoms with E-state index in [0.29, 0.717) is 0 Å². The summed E-state index contributed by atoms with van der Waals surface area (Å²) in [6.45, 7) is 11.0. The molecule has 3 N–H and O–H groups in total. The van der Waals surface area contributed by atoms with Crippen molar-refractivity contribution in [1.82, 2.24) is 4.90 Å². The molecule has 1 heterocycles. The van der Waals surface area contributed by atoms with E-state index < -0.39 is 0 Å². The molecule has 100 valence electrons. The van der Waals surface area contributed by atoms with Crippen molar-refractivity contribution in [2.75, 3.05) is 7.05 Å². The molecular weight excluding hydrogens is 226 g/mol. The summed E-state index contributed by atoms with van der Waals surface area (Å²) in [5, 5.41) is 7.61. The maximum Gasteiger partial charge on any atom is 0.149 e. The van der Waals surface area contributed by atoms with E-state index in [1.807, 2.05) is 6.20 Å². The zero-order valence-electron chi connectivity index (χ0n) is 12.1. The highest BCUT2D eigenvalue weighted by molar-refractivity contribution is 6.60. The van der Waals surface area contributed by atoms with Crippen molar-refractivity contribution < 1.29 is 0 Å². The maximum atomic E-state index is 7.61. The van der Waals surface area contributed by atoms with Gasteiger partial charge in [-0.3, -0.25) is 10.4 Å². The highest BCUT2D eigenvalue weighted by Gasteiger charge is 2.43. The summed E-state index contributed by atoms with van der Waals surface area (Å²) in [5.41, 5.74) is 5.78. The first kappa shape index (κ1) is 14.4. The van der Waals surface area contributed by atoms with Crippen LogP contribution in [0, 0.1) is 10.8 Å². The Hall–Kier alpha value is -1.65. The van der Waals surface area contributed by atoms with Gasteiger partial charge in [-0.1, -0.05) is 20.8 Å². The predicted molar refractivity (Wildman–Crippen MR) is 77.2 cm³/mol. The molecule has 0 aromatic carbocycles. The van der Waals surface area contributed by atoms with Crippen LogP contribution in [0.15, 0.2) is 22.0 Å². The smallest absolute Gasteiger partial charge is 0.149 e. The number of hydrogen-bond acceptors (Lipinski definition) is 4. The molecule has 5 heteroatoms. The number of aliphatic imine (C=N–C) groups is 2. The lowest BCUT2D eigenvalue weighted by atomic mass is 9.76. The quantitative estimate of drug-likeness (QED) is 0.590. The molecule has 0 saturated carbocycles. The first-order chi connectivity index (χ1) is 8.11. The average molecular weight is 249 g/mol. The molecule has 0 aliphatic carbocycles. The number of amidine groups is 1. The van der Waals surface area contributed by atoms with Gasteiger partial charge in [-0.2, -0.15) is 0 Å². The van der Waals surface area contributed by atoms with Crippen molar-refractivity contribution in [3.05, 3.63) is 12.0 Å². The average Bonchev–Trinajstić information content (AvgIpc) is 3.03. The van der Waals surface area contributed by atoms with Crippen molar-refractivity contribution >= 4 is 17.8 Å². The molecular formula is C13H23N5. The first-order valence-electron chi connectivity index (χ1n) is 5.97. The summed E-state index contributed by atoms with van der Waals surface area (Å²) >= 11 is 0. The van der Waals surface area contributed by atoms with Crippen LogP contribution in [0.1, 0.15) is 34.6 Å². The third-order valence-electron chi connectivity index (χ3n) is 3.70. The molecule has 5 nitrogen and oxygen atoms in total. The van der Waals surface area contributed by atoms with Crippen molar-refractivity contribution in [3.8, 4) is 0 Å². The maximum absolute atomic E-state index is 7.61. The number of nitrogens with zero attached hydrogens (tertiary/aromatic N) is 3. The number of nitrogens with one attached hydrogen (secondary N) is 1. The van der Waals surface area contributed by atoms with Gasteiger partial charge in [-0.25, -0.2) is 4.99 Å². The third kappa shape index (κ3) is 2.78. The Morgan fingerprint density at radius 3 is 2.33 bits per heavy atom. The number of rotatable bonds is 4. The van der Waals surface area contributed by atoms with E-state index in [4.69, 9.17) is 11.1 Å². The summed E-state index contributed by atoms with van der Waals surface area (Å²) in [5.74, 6) is 1.07. The molecule has 0 unspecified atom stereocenters. The second-order valence-corrected chi connectivity index (χ2v) is 5.95. The van der Waals surface area contributed by atoms with E-state index in [2.05, 4.69) is 49.5 Å². The minimum absolute atomic E-state index is 0.00768. The minimum atomic E-state index is -0.00768. The lowest BCUT2D eigenvalue weighted by molar-refractivity contribution is 0.118. The number of hydrogen-bond donors (Lipinski definition) is 2. The van der Waals surface area contributed by atoms with Crippen LogP contribution < -0.4 is 5.73 Å². The molecule has 0 fully saturated rings. The lowest BCUT2D eigenvalue weighted by Gasteiger charge is -2.41. The second kappa shape index (κ2) is 4.55. The largest absolute Gasteiger partial charge is 0.382 e. The minimum Gasteiger partial charge on any atom is -0.382 e. The summed E-state index contributed by atoms with van der Waals surface area (Å²) in [7, 11) is 1.56. The van der Waals surface area contributed by atoms with Gasteiger partial charge < -0.3 is 10.6 Å². The molecule has 0 amide bonds. The Balaban J connectivity index is 2.65. The Bertz CT molecular complexity index is 435. The first-order valence-corrected chi connectivity index (χ1v) is 5.97. The molecule has 1 aliphatic heterocycles. The van der Waals surface area contributed by atoms with Gasteiger partial charge in [0.05, 0.1) is 6.21 Å². The molecule has 0 saturated heterocycles. The second-order valence-electron chi connectivity index (χ2n) is 5.95. The number of nitrogens with two attached hydrogens (primary N) is 1. The summed E-state index contributed by atoms with van der Waals surface area (Å²) in [6, 6.07) is 0. The molecule has 0 radical (unpaired) electrons. The normalized spacial score (nSPS) is 17.1. The van der Waals surface area contributed by atoms with E-state index in [-0.39, 0.29) is 22.5 Å². The zero-order valence-corrected chi connectivity index (χ0v) is 12.1. The molecule has 1 aliphatic rings. The fraction of sp³-hybridized carbons (Fsp3) is 0.615. The lowest BCUT2D eigenvalue weighted by Crippen LogP contribution is -2.44. The summed E-state index contributed by atoms with van der Waals surface area (Å²) < 4.78 is 0. The predicted octanol–water partition coefficient (Wildman–Crippen LogP) is 2.00. The van der Waals surface area contributed by atoms with E-state index in [0.717, 1.165) is 5.82 Å². The molecule has 0 spiro atoms. The van der Waals surface area contributed by atoms with Gasteiger partial charge in [-0.15, -0.1) is 0 Å². The Morgan fingerprint density at radius 1 is 1.33 bits per heavy atom. The molecule has 0 atom stereocenters. The van der Waals surface area contributed by atoms with Gasteiger partial charge in [-0.05, 0) is 19.3 Å². The van der Waals surface area contributed by atoms with Crippen LogP contribution in [-0.4, -0.2) is 35.2 Å². The van der Waals surface area contributed by atoms with Crippen LogP contribution in [-0.2, 0) is 0 Å². The van der Waals surface area contributed by atoms with E-state index in [1.54, 1.807) is 7.05 Å². The fourth-order valence-corrected chi connectivity index (χ4v) is 1.31. The Labute approximate surface area is 109 Å². The SMILES string of the molecule is C/N=C(\N)C(=N)/C=N\C1=CN1C(C)(C)C(C)(C)C. The fourth-order valence-electron chi connectivity index (χ4n) is 1.31. The van der Waals surface area contributed by atoms with Crippen LogP contribution in [0.25, 0.3) is 0 Å². The molecule has 18 heavy (non-hydrogen) atoms. The standard InChI is InChI=1S/C13H23N5/c1-12(2,3)13(4,5)18-8-10(18)17-7-9(14)11(15)16-6/h7-8,14H,1-6H3,(H2,15,16)/b14-9?,17-7-. The van der Waals surface area contributed by atoms with Crippen molar-refractivity contribution in [2.24, 2.45) is 21.1 Å². The highest BCUT2D eigenvalue weighted by Crippen LogP contribution is 2.43. The zero-order chi connectivity index (χ0) is 14.1. The van der Waals surface area contributed by atoms with Gasteiger partial charge >= 0.3 is 0 Å². The van der Waals surface area contributed by atoms with E-state index >= 15 is 0 Å². The Morgan fingerprint density at radius 2 is 1.89 bits per heavy atom. The van der Waals surface area contributed by atoms with Crippen LogP contribution in [0.4, 0.5) is 0 Å². The van der Waals surface area contributed by atoms with Gasteiger partial charge in [0.1, 0.15) is 17.4 Å². The molecule has 1 rings (SSSR count). The van der Waals surface area contributed by atoms with Crippen LogP contribution in [0.3, 0.4) is 0 Å². The van der Waals surface area contributed by atoms with Gasteiger partial charge in [0, 0.05) is 18.8 Å². The Kier molecular flexibility index (Phi) is 3.64.